The number of aromatic nitrogens is 4. The maximum Gasteiger partial charge on any atom is 0.191 e. The van der Waals surface area contributed by atoms with E-state index in [0.29, 0.717) is 0 Å². The van der Waals surface area contributed by atoms with Crippen molar-refractivity contribution in [1.29, 1.82) is 0 Å². The van der Waals surface area contributed by atoms with Gasteiger partial charge in [0.25, 0.3) is 0 Å². The highest BCUT2D eigenvalue weighted by Crippen LogP contribution is 2.25. The Morgan fingerprint density at radius 2 is 2.24 bits per heavy atom. The minimum Gasteiger partial charge on any atom is -0.370 e. The van der Waals surface area contributed by atoms with E-state index >= 15 is 0 Å². The Morgan fingerprint density at radius 1 is 1.29 bits per heavy atom. The summed E-state index contributed by atoms with van der Waals surface area (Å²) in [5.74, 6) is 2.99. The standard InChI is InChI=1S/C15H21N5S/c1-2-16-13-10-12(7-8-17-13)11-21-15-19-18-14-6-4-3-5-9-20(14)15/h7-8,10H,2-6,9,11H2,1H3,(H,16,17). The van der Waals surface area contributed by atoms with E-state index in [1.54, 1.807) is 11.8 Å². The zero-order valence-corrected chi connectivity index (χ0v) is 13.2. The molecule has 0 atom stereocenters. The number of hydrogen-bond donors (Lipinski definition) is 1. The zero-order chi connectivity index (χ0) is 14.5. The van der Waals surface area contributed by atoms with Gasteiger partial charge in [0.2, 0.25) is 0 Å². The van der Waals surface area contributed by atoms with Crippen LogP contribution in [-0.4, -0.2) is 26.3 Å². The SMILES string of the molecule is CCNc1cc(CSc2nnc3n2CCCCC3)ccn1. The summed E-state index contributed by atoms with van der Waals surface area (Å²) in [4.78, 5) is 4.30. The molecule has 6 heteroatoms. The second kappa shape index (κ2) is 6.93. The molecule has 1 aliphatic rings. The Morgan fingerprint density at radius 3 is 3.14 bits per heavy atom. The zero-order valence-electron chi connectivity index (χ0n) is 12.4. The molecule has 3 rings (SSSR count). The molecule has 112 valence electrons. The van der Waals surface area contributed by atoms with Gasteiger partial charge < -0.3 is 9.88 Å². The van der Waals surface area contributed by atoms with Gasteiger partial charge in [-0.3, -0.25) is 0 Å². The molecular formula is C15H21N5S. The van der Waals surface area contributed by atoms with Crippen molar-refractivity contribution < 1.29 is 0 Å². The molecule has 21 heavy (non-hydrogen) atoms. The average Bonchev–Trinajstić information content (AvgIpc) is 2.73. The van der Waals surface area contributed by atoms with Crippen LogP contribution in [0.1, 0.15) is 37.6 Å². The van der Waals surface area contributed by atoms with Gasteiger partial charge in [0.1, 0.15) is 11.6 Å². The van der Waals surface area contributed by atoms with E-state index in [0.717, 1.165) is 42.1 Å². The van der Waals surface area contributed by atoms with E-state index < -0.39 is 0 Å². The highest BCUT2D eigenvalue weighted by molar-refractivity contribution is 7.98. The number of pyridine rings is 1. The van der Waals surface area contributed by atoms with Crippen molar-refractivity contribution in [1.82, 2.24) is 19.7 Å². The van der Waals surface area contributed by atoms with Crippen LogP contribution in [0.25, 0.3) is 0 Å². The van der Waals surface area contributed by atoms with Crippen LogP contribution in [0.3, 0.4) is 0 Å². The van der Waals surface area contributed by atoms with Gasteiger partial charge in [0, 0.05) is 31.5 Å². The molecule has 0 aliphatic carbocycles. The lowest BCUT2D eigenvalue weighted by atomic mass is 10.2. The number of rotatable bonds is 5. The fourth-order valence-corrected chi connectivity index (χ4v) is 3.48. The summed E-state index contributed by atoms with van der Waals surface area (Å²) in [6.07, 6.45) is 6.69. The topological polar surface area (TPSA) is 55.6 Å². The summed E-state index contributed by atoms with van der Waals surface area (Å²) < 4.78 is 2.30. The molecule has 2 aromatic heterocycles. The Kier molecular flexibility index (Phi) is 4.75. The number of nitrogens with zero attached hydrogens (tertiary/aromatic N) is 4. The van der Waals surface area contributed by atoms with E-state index in [2.05, 4.69) is 44.1 Å². The first-order valence-electron chi connectivity index (χ1n) is 7.60. The first kappa shape index (κ1) is 14.4. The van der Waals surface area contributed by atoms with Crippen LogP contribution in [0, 0.1) is 0 Å². The third kappa shape index (κ3) is 3.56. The summed E-state index contributed by atoms with van der Waals surface area (Å²) in [6.45, 7) is 4.03. The monoisotopic (exact) mass is 303 g/mol. The molecule has 0 spiro atoms. The quantitative estimate of drug-likeness (QED) is 0.860. The Labute approximate surface area is 129 Å². The van der Waals surface area contributed by atoms with Crippen molar-refractivity contribution in [2.75, 3.05) is 11.9 Å². The summed E-state index contributed by atoms with van der Waals surface area (Å²) >= 11 is 1.76. The smallest absolute Gasteiger partial charge is 0.191 e. The number of anilines is 1. The van der Waals surface area contributed by atoms with Gasteiger partial charge >= 0.3 is 0 Å². The van der Waals surface area contributed by atoms with Gasteiger partial charge in [-0.15, -0.1) is 10.2 Å². The summed E-state index contributed by atoms with van der Waals surface area (Å²) in [5.41, 5.74) is 1.26. The lowest BCUT2D eigenvalue weighted by Crippen LogP contribution is -2.02. The molecule has 0 bridgehead atoms. The molecule has 0 fully saturated rings. The lowest BCUT2D eigenvalue weighted by Gasteiger charge is -2.07. The second-order valence-electron chi connectivity index (χ2n) is 5.23. The van der Waals surface area contributed by atoms with E-state index in [9.17, 15) is 0 Å². The molecule has 0 radical (unpaired) electrons. The van der Waals surface area contributed by atoms with Crippen LogP contribution >= 0.6 is 11.8 Å². The predicted molar refractivity (Wildman–Crippen MR) is 85.5 cm³/mol. The van der Waals surface area contributed by atoms with E-state index in [-0.39, 0.29) is 0 Å². The van der Waals surface area contributed by atoms with Crippen molar-refractivity contribution in [2.45, 2.75) is 50.1 Å². The Bertz CT molecular complexity index is 595. The largest absolute Gasteiger partial charge is 0.370 e. The lowest BCUT2D eigenvalue weighted by molar-refractivity contribution is 0.591. The molecule has 0 saturated heterocycles. The first-order chi connectivity index (χ1) is 10.4. The molecule has 1 N–H and O–H groups in total. The number of nitrogens with one attached hydrogen (secondary N) is 1. The Balaban J connectivity index is 1.67. The molecule has 3 heterocycles. The van der Waals surface area contributed by atoms with Crippen LogP contribution < -0.4 is 5.32 Å². The normalized spacial score (nSPS) is 14.5. The second-order valence-corrected chi connectivity index (χ2v) is 6.17. The van der Waals surface area contributed by atoms with Crippen LogP contribution in [-0.2, 0) is 18.7 Å². The fourth-order valence-electron chi connectivity index (χ4n) is 2.55. The van der Waals surface area contributed by atoms with Gasteiger partial charge in [0.15, 0.2) is 5.16 Å². The number of thioether (sulfide) groups is 1. The third-order valence-corrected chi connectivity index (χ3v) is 4.66. The van der Waals surface area contributed by atoms with Crippen LogP contribution in [0.5, 0.6) is 0 Å². The predicted octanol–water partition coefficient (Wildman–Crippen LogP) is 3.12. The van der Waals surface area contributed by atoms with Crippen LogP contribution in [0.15, 0.2) is 23.5 Å². The highest BCUT2D eigenvalue weighted by atomic mass is 32.2. The fraction of sp³-hybridized carbons (Fsp3) is 0.533. The van der Waals surface area contributed by atoms with Crippen LogP contribution in [0.4, 0.5) is 5.82 Å². The summed E-state index contributed by atoms with van der Waals surface area (Å²) in [6, 6.07) is 4.17. The first-order valence-corrected chi connectivity index (χ1v) is 8.59. The van der Waals surface area contributed by atoms with Gasteiger partial charge in [-0.05, 0) is 37.5 Å². The molecular weight excluding hydrogens is 282 g/mol. The maximum atomic E-state index is 4.36. The Hall–Kier alpha value is -1.56. The van der Waals surface area contributed by atoms with Crippen molar-refractivity contribution >= 4 is 17.6 Å². The summed E-state index contributed by atoms with van der Waals surface area (Å²) in [5, 5.41) is 13.0. The van der Waals surface area contributed by atoms with Crippen LogP contribution in [0.2, 0.25) is 0 Å². The third-order valence-electron chi connectivity index (χ3n) is 3.63. The van der Waals surface area contributed by atoms with E-state index in [1.165, 1.54) is 24.8 Å². The van der Waals surface area contributed by atoms with Gasteiger partial charge in [-0.1, -0.05) is 18.2 Å². The van der Waals surface area contributed by atoms with Crippen molar-refractivity contribution in [2.24, 2.45) is 0 Å². The van der Waals surface area contributed by atoms with Crippen molar-refractivity contribution in [3.8, 4) is 0 Å². The summed E-state index contributed by atoms with van der Waals surface area (Å²) in [7, 11) is 0. The van der Waals surface area contributed by atoms with Gasteiger partial charge in [-0.2, -0.15) is 0 Å². The van der Waals surface area contributed by atoms with Gasteiger partial charge in [-0.25, -0.2) is 4.98 Å². The number of fused-ring (bicyclic) bond motifs is 1. The number of aryl methyl sites for hydroxylation is 1. The van der Waals surface area contributed by atoms with Crippen molar-refractivity contribution in [3.63, 3.8) is 0 Å². The highest BCUT2D eigenvalue weighted by Gasteiger charge is 2.14. The molecule has 2 aromatic rings. The maximum absolute atomic E-state index is 4.36. The average molecular weight is 303 g/mol. The minimum atomic E-state index is 0.890. The number of hydrogen-bond acceptors (Lipinski definition) is 5. The van der Waals surface area contributed by atoms with Crippen molar-refractivity contribution in [3.05, 3.63) is 29.7 Å². The van der Waals surface area contributed by atoms with E-state index in [1.807, 2.05) is 6.20 Å². The molecule has 0 unspecified atom stereocenters. The van der Waals surface area contributed by atoms with Gasteiger partial charge in [0.05, 0.1) is 0 Å². The molecule has 0 amide bonds. The molecule has 0 aromatic carbocycles. The minimum absolute atomic E-state index is 0.890. The molecule has 1 aliphatic heterocycles. The molecule has 0 saturated carbocycles. The molecule has 5 nitrogen and oxygen atoms in total. The van der Waals surface area contributed by atoms with E-state index in [4.69, 9.17) is 0 Å².